The number of nitrogens with one attached hydrogen (secondary N) is 2. The fourth-order valence-corrected chi connectivity index (χ4v) is 2.74. The van der Waals surface area contributed by atoms with Gasteiger partial charge < -0.3 is 10.6 Å². The second-order valence-electron chi connectivity index (χ2n) is 4.19. The number of fused-ring (bicyclic) bond motifs is 1. The molecule has 0 saturated carbocycles. The van der Waals surface area contributed by atoms with Crippen LogP contribution in [0.5, 0.6) is 0 Å². The summed E-state index contributed by atoms with van der Waals surface area (Å²) < 4.78 is 0. The molecule has 2 heterocycles. The zero-order valence-corrected chi connectivity index (χ0v) is 9.97. The number of rotatable bonds is 1. The molecule has 1 unspecified atom stereocenters. The lowest BCUT2D eigenvalue weighted by molar-refractivity contribution is 0.805. The van der Waals surface area contributed by atoms with Crippen molar-refractivity contribution in [3.63, 3.8) is 0 Å². The highest BCUT2D eigenvalue weighted by Gasteiger charge is 2.18. The van der Waals surface area contributed by atoms with Crippen molar-refractivity contribution in [1.29, 1.82) is 0 Å². The van der Waals surface area contributed by atoms with Crippen molar-refractivity contribution in [1.82, 2.24) is 0 Å². The maximum Gasteiger partial charge on any atom is 0.0690 e. The van der Waals surface area contributed by atoms with E-state index in [9.17, 15) is 0 Å². The van der Waals surface area contributed by atoms with Crippen molar-refractivity contribution in [3.05, 3.63) is 46.2 Å². The Morgan fingerprint density at radius 1 is 1.12 bits per heavy atom. The second kappa shape index (κ2) is 3.83. The molecule has 1 aliphatic rings. The van der Waals surface area contributed by atoms with Gasteiger partial charge in [0.05, 0.1) is 17.4 Å². The van der Waals surface area contributed by atoms with Gasteiger partial charge in [0.1, 0.15) is 0 Å². The average Bonchev–Trinajstić information content (AvgIpc) is 2.77. The normalized spacial score (nSPS) is 18.4. The Morgan fingerprint density at radius 3 is 2.69 bits per heavy atom. The molecule has 1 atom stereocenters. The molecule has 0 bridgehead atoms. The molecule has 1 aromatic carbocycles. The van der Waals surface area contributed by atoms with Crippen LogP contribution in [0.3, 0.4) is 0 Å². The Hall–Kier alpha value is -1.48. The van der Waals surface area contributed by atoms with E-state index in [0.29, 0.717) is 6.04 Å². The van der Waals surface area contributed by atoms with Gasteiger partial charge in [0.25, 0.3) is 0 Å². The summed E-state index contributed by atoms with van der Waals surface area (Å²) in [6.45, 7) is 3.07. The Bertz CT molecular complexity index is 487. The van der Waals surface area contributed by atoms with Crippen LogP contribution < -0.4 is 10.6 Å². The minimum Gasteiger partial charge on any atom is -0.380 e. The third kappa shape index (κ3) is 1.67. The van der Waals surface area contributed by atoms with Crippen LogP contribution in [0.2, 0.25) is 0 Å². The van der Waals surface area contributed by atoms with Gasteiger partial charge in [-0.2, -0.15) is 0 Å². The van der Waals surface area contributed by atoms with Crippen molar-refractivity contribution < 1.29 is 0 Å². The Kier molecular flexibility index (Phi) is 2.33. The fraction of sp³-hybridized carbons (Fsp3) is 0.231. The third-order valence-electron chi connectivity index (χ3n) is 2.97. The lowest BCUT2D eigenvalue weighted by Gasteiger charge is -2.26. The quantitative estimate of drug-likeness (QED) is 0.781. The van der Waals surface area contributed by atoms with E-state index in [1.807, 2.05) is 0 Å². The van der Waals surface area contributed by atoms with E-state index in [1.165, 1.54) is 22.5 Å². The minimum atomic E-state index is 0.377. The van der Waals surface area contributed by atoms with Crippen LogP contribution in [0.1, 0.15) is 17.2 Å². The Labute approximate surface area is 99.3 Å². The fourth-order valence-electron chi connectivity index (χ4n) is 2.00. The van der Waals surface area contributed by atoms with E-state index in [4.69, 9.17) is 0 Å². The SMILES string of the molecule is Cc1ccc(C2CNc3cscc3N2)cc1. The number of anilines is 2. The predicted molar refractivity (Wildman–Crippen MR) is 70.4 cm³/mol. The largest absolute Gasteiger partial charge is 0.380 e. The zero-order valence-electron chi connectivity index (χ0n) is 9.16. The van der Waals surface area contributed by atoms with Gasteiger partial charge in [-0.1, -0.05) is 29.8 Å². The minimum absolute atomic E-state index is 0.377. The zero-order chi connectivity index (χ0) is 11.0. The molecular weight excluding hydrogens is 216 g/mol. The highest BCUT2D eigenvalue weighted by Crippen LogP contribution is 2.34. The molecule has 1 aromatic heterocycles. The van der Waals surface area contributed by atoms with Gasteiger partial charge in [0, 0.05) is 17.3 Å². The molecule has 2 aromatic rings. The maximum atomic E-state index is 3.56. The second-order valence-corrected chi connectivity index (χ2v) is 4.93. The van der Waals surface area contributed by atoms with Crippen LogP contribution in [-0.4, -0.2) is 6.54 Å². The van der Waals surface area contributed by atoms with E-state index in [2.05, 4.69) is 52.6 Å². The lowest BCUT2D eigenvalue weighted by Crippen LogP contribution is -2.24. The van der Waals surface area contributed by atoms with Gasteiger partial charge in [-0.05, 0) is 12.5 Å². The highest BCUT2D eigenvalue weighted by atomic mass is 32.1. The summed E-state index contributed by atoms with van der Waals surface area (Å²) in [5, 5.41) is 11.3. The topological polar surface area (TPSA) is 24.1 Å². The summed E-state index contributed by atoms with van der Waals surface area (Å²) in [5.41, 5.74) is 5.11. The van der Waals surface area contributed by atoms with Crippen LogP contribution in [-0.2, 0) is 0 Å². The Morgan fingerprint density at radius 2 is 1.88 bits per heavy atom. The van der Waals surface area contributed by atoms with Crippen LogP contribution in [0.4, 0.5) is 11.4 Å². The standard InChI is InChI=1S/C13H14N2S/c1-9-2-4-10(5-3-9)11-6-14-12-7-16-8-13(12)15-11/h2-5,7-8,11,14-15H,6H2,1H3. The maximum absolute atomic E-state index is 3.56. The first-order chi connectivity index (χ1) is 7.83. The average molecular weight is 230 g/mol. The van der Waals surface area contributed by atoms with Gasteiger partial charge in [0.15, 0.2) is 0 Å². The van der Waals surface area contributed by atoms with Crippen LogP contribution >= 0.6 is 11.3 Å². The van der Waals surface area contributed by atoms with Crippen molar-refractivity contribution >= 4 is 22.7 Å². The third-order valence-corrected chi connectivity index (χ3v) is 3.71. The van der Waals surface area contributed by atoms with Crippen LogP contribution in [0.15, 0.2) is 35.0 Å². The summed E-state index contributed by atoms with van der Waals surface area (Å²) in [5.74, 6) is 0. The summed E-state index contributed by atoms with van der Waals surface area (Å²) >= 11 is 1.73. The van der Waals surface area contributed by atoms with E-state index in [0.717, 1.165) is 6.54 Å². The first-order valence-electron chi connectivity index (χ1n) is 5.46. The first-order valence-corrected chi connectivity index (χ1v) is 6.40. The molecule has 3 heteroatoms. The van der Waals surface area contributed by atoms with Crippen LogP contribution in [0, 0.1) is 6.92 Å². The molecule has 1 aliphatic heterocycles. The number of hydrogen-bond donors (Lipinski definition) is 2. The van der Waals surface area contributed by atoms with Crippen LogP contribution in [0.25, 0.3) is 0 Å². The molecule has 16 heavy (non-hydrogen) atoms. The molecule has 2 nitrogen and oxygen atoms in total. The van der Waals surface area contributed by atoms with E-state index in [1.54, 1.807) is 11.3 Å². The summed E-state index contributed by atoms with van der Waals surface area (Å²) in [6.07, 6.45) is 0. The number of hydrogen-bond acceptors (Lipinski definition) is 3. The van der Waals surface area contributed by atoms with Crippen molar-refractivity contribution in [3.8, 4) is 0 Å². The van der Waals surface area contributed by atoms with E-state index >= 15 is 0 Å². The smallest absolute Gasteiger partial charge is 0.0690 e. The molecule has 82 valence electrons. The monoisotopic (exact) mass is 230 g/mol. The number of benzene rings is 1. The van der Waals surface area contributed by atoms with Crippen molar-refractivity contribution in [2.45, 2.75) is 13.0 Å². The summed E-state index contributed by atoms with van der Waals surface area (Å²) in [7, 11) is 0. The van der Waals surface area contributed by atoms with Gasteiger partial charge in [-0.15, -0.1) is 11.3 Å². The molecule has 0 saturated heterocycles. The molecule has 0 amide bonds. The molecule has 3 rings (SSSR count). The predicted octanol–water partition coefficient (Wildman–Crippen LogP) is 3.64. The molecular formula is C13H14N2S. The van der Waals surface area contributed by atoms with Gasteiger partial charge >= 0.3 is 0 Å². The summed E-state index contributed by atoms with van der Waals surface area (Å²) in [6, 6.07) is 9.11. The van der Waals surface area contributed by atoms with Gasteiger partial charge in [-0.25, -0.2) is 0 Å². The van der Waals surface area contributed by atoms with Crippen molar-refractivity contribution in [2.24, 2.45) is 0 Å². The highest BCUT2D eigenvalue weighted by molar-refractivity contribution is 7.09. The summed E-state index contributed by atoms with van der Waals surface area (Å²) in [4.78, 5) is 0. The van der Waals surface area contributed by atoms with E-state index < -0.39 is 0 Å². The lowest BCUT2D eigenvalue weighted by atomic mass is 10.0. The van der Waals surface area contributed by atoms with Gasteiger partial charge in [0.2, 0.25) is 0 Å². The number of aryl methyl sites for hydroxylation is 1. The number of thiophene rings is 1. The van der Waals surface area contributed by atoms with Gasteiger partial charge in [-0.3, -0.25) is 0 Å². The molecule has 0 radical (unpaired) electrons. The first kappa shape index (κ1) is 9.73. The molecule has 2 N–H and O–H groups in total. The van der Waals surface area contributed by atoms with E-state index in [-0.39, 0.29) is 0 Å². The Balaban J connectivity index is 1.86. The van der Waals surface area contributed by atoms with Crippen molar-refractivity contribution in [2.75, 3.05) is 17.2 Å². The molecule has 0 fully saturated rings. The molecule has 0 spiro atoms. The molecule has 0 aliphatic carbocycles.